The fourth-order valence-corrected chi connectivity index (χ4v) is 2.53. The zero-order chi connectivity index (χ0) is 14.0. The van der Waals surface area contributed by atoms with Gasteiger partial charge in [-0.15, -0.1) is 0 Å². The van der Waals surface area contributed by atoms with Crippen molar-refractivity contribution in [3.05, 3.63) is 29.3 Å². The lowest BCUT2D eigenvalue weighted by atomic mass is 10.1. The van der Waals surface area contributed by atoms with E-state index in [0.717, 1.165) is 29.3 Å². The van der Waals surface area contributed by atoms with Crippen LogP contribution < -0.4 is 10.5 Å². The van der Waals surface area contributed by atoms with Gasteiger partial charge in [0.05, 0.1) is 7.11 Å². The molecule has 104 valence electrons. The normalized spacial score (nSPS) is 16.4. The van der Waals surface area contributed by atoms with Gasteiger partial charge in [-0.3, -0.25) is 4.90 Å². The summed E-state index contributed by atoms with van der Waals surface area (Å²) in [5.41, 5.74) is 7.74. The van der Waals surface area contributed by atoms with Crippen molar-refractivity contribution in [3.8, 4) is 5.75 Å². The summed E-state index contributed by atoms with van der Waals surface area (Å²) in [6.45, 7) is 3.15. The third kappa shape index (κ3) is 3.45. The molecule has 1 fully saturated rings. The number of ether oxygens (including phenoxy) is 1. The molecule has 0 bridgehead atoms. The van der Waals surface area contributed by atoms with Gasteiger partial charge in [-0.1, -0.05) is 12.2 Å². The number of thiocarbonyl (C=S) groups is 1. The monoisotopic (exact) mass is 278 g/mol. The molecular formula is C15H22N2OS. The molecule has 1 unspecified atom stereocenters. The second kappa shape index (κ2) is 5.88. The minimum Gasteiger partial charge on any atom is -0.496 e. The molecule has 19 heavy (non-hydrogen) atoms. The topological polar surface area (TPSA) is 38.5 Å². The Hall–Kier alpha value is -1.13. The summed E-state index contributed by atoms with van der Waals surface area (Å²) in [5.74, 6) is 1.75. The van der Waals surface area contributed by atoms with E-state index >= 15 is 0 Å². The molecule has 1 aliphatic rings. The summed E-state index contributed by atoms with van der Waals surface area (Å²) in [6, 6.07) is 6.50. The minimum absolute atomic E-state index is 0.432. The average molecular weight is 278 g/mol. The van der Waals surface area contributed by atoms with E-state index in [1.807, 2.05) is 18.2 Å². The molecule has 0 heterocycles. The van der Waals surface area contributed by atoms with Gasteiger partial charge < -0.3 is 10.5 Å². The first-order chi connectivity index (χ1) is 9.02. The molecule has 4 heteroatoms. The van der Waals surface area contributed by atoms with Gasteiger partial charge in [0.25, 0.3) is 0 Å². The molecule has 2 N–H and O–H groups in total. The Labute approximate surface area is 120 Å². The van der Waals surface area contributed by atoms with E-state index in [-0.39, 0.29) is 0 Å². The van der Waals surface area contributed by atoms with Crippen LogP contribution in [-0.4, -0.2) is 30.1 Å². The number of nitrogens with two attached hydrogens (primary N) is 1. The highest BCUT2D eigenvalue weighted by Gasteiger charge is 2.30. The Morgan fingerprint density at radius 2 is 2.21 bits per heavy atom. The van der Waals surface area contributed by atoms with Gasteiger partial charge in [0.15, 0.2) is 0 Å². The third-order valence-electron chi connectivity index (χ3n) is 3.98. The maximum absolute atomic E-state index is 5.70. The van der Waals surface area contributed by atoms with Gasteiger partial charge in [0, 0.05) is 23.7 Å². The van der Waals surface area contributed by atoms with Crippen LogP contribution in [-0.2, 0) is 6.54 Å². The first-order valence-corrected chi connectivity index (χ1v) is 7.10. The van der Waals surface area contributed by atoms with Crippen LogP contribution in [0.5, 0.6) is 5.75 Å². The summed E-state index contributed by atoms with van der Waals surface area (Å²) in [4.78, 5) is 2.81. The number of rotatable bonds is 6. The third-order valence-corrected chi connectivity index (χ3v) is 4.22. The SMILES string of the molecule is COc1ccc(C(N)=S)cc1CN(C)C(C)C1CC1. The van der Waals surface area contributed by atoms with E-state index in [1.165, 1.54) is 12.8 Å². The zero-order valence-corrected chi connectivity index (χ0v) is 12.7. The summed E-state index contributed by atoms with van der Waals surface area (Å²) >= 11 is 5.04. The molecule has 3 nitrogen and oxygen atoms in total. The van der Waals surface area contributed by atoms with Crippen molar-refractivity contribution in [2.45, 2.75) is 32.4 Å². The smallest absolute Gasteiger partial charge is 0.123 e. The number of hydrogen-bond donors (Lipinski definition) is 1. The standard InChI is InChI=1S/C15H22N2OS/c1-10(11-4-5-11)17(2)9-13-8-12(15(16)19)6-7-14(13)18-3/h6-8,10-11H,4-5,9H2,1-3H3,(H2,16,19). The number of nitrogens with zero attached hydrogens (tertiary/aromatic N) is 1. The molecule has 1 atom stereocenters. The fourth-order valence-electron chi connectivity index (χ4n) is 2.41. The summed E-state index contributed by atoms with van der Waals surface area (Å²) in [5, 5.41) is 0. The highest BCUT2D eigenvalue weighted by molar-refractivity contribution is 7.80. The van der Waals surface area contributed by atoms with Crippen molar-refractivity contribution >= 4 is 17.2 Å². The molecule has 1 saturated carbocycles. The summed E-state index contributed by atoms with van der Waals surface area (Å²) in [7, 11) is 3.86. The van der Waals surface area contributed by atoms with Crippen LogP contribution in [0.4, 0.5) is 0 Å². The molecule has 0 spiro atoms. The maximum atomic E-state index is 5.70. The fraction of sp³-hybridized carbons (Fsp3) is 0.533. The lowest BCUT2D eigenvalue weighted by Gasteiger charge is -2.25. The van der Waals surface area contributed by atoms with Crippen molar-refractivity contribution < 1.29 is 4.74 Å². The van der Waals surface area contributed by atoms with E-state index < -0.39 is 0 Å². The van der Waals surface area contributed by atoms with Crippen molar-refractivity contribution in [2.75, 3.05) is 14.2 Å². The van der Waals surface area contributed by atoms with Crippen LogP contribution in [0.3, 0.4) is 0 Å². The molecule has 1 aliphatic carbocycles. The van der Waals surface area contributed by atoms with Crippen molar-refractivity contribution in [1.82, 2.24) is 4.90 Å². The number of methoxy groups -OCH3 is 1. The highest BCUT2D eigenvalue weighted by atomic mass is 32.1. The van der Waals surface area contributed by atoms with E-state index in [1.54, 1.807) is 7.11 Å². The summed E-state index contributed by atoms with van der Waals surface area (Å²) < 4.78 is 5.43. The first-order valence-electron chi connectivity index (χ1n) is 6.70. The quantitative estimate of drug-likeness (QED) is 0.812. The largest absolute Gasteiger partial charge is 0.496 e. The Morgan fingerprint density at radius 3 is 2.74 bits per heavy atom. The van der Waals surface area contributed by atoms with Crippen LogP contribution in [0, 0.1) is 5.92 Å². The second-order valence-electron chi connectivity index (χ2n) is 5.38. The van der Waals surface area contributed by atoms with Crippen LogP contribution in [0.25, 0.3) is 0 Å². The Morgan fingerprint density at radius 1 is 1.53 bits per heavy atom. The molecule has 2 rings (SSSR count). The average Bonchev–Trinajstić information content (AvgIpc) is 3.21. The van der Waals surface area contributed by atoms with Gasteiger partial charge >= 0.3 is 0 Å². The first kappa shape index (κ1) is 14.3. The van der Waals surface area contributed by atoms with Crippen LogP contribution in [0.2, 0.25) is 0 Å². The van der Waals surface area contributed by atoms with Gasteiger partial charge in [0.1, 0.15) is 10.7 Å². The number of hydrogen-bond acceptors (Lipinski definition) is 3. The van der Waals surface area contributed by atoms with E-state index in [4.69, 9.17) is 22.7 Å². The Balaban J connectivity index is 2.16. The van der Waals surface area contributed by atoms with Crippen molar-refractivity contribution in [1.29, 1.82) is 0 Å². The van der Waals surface area contributed by atoms with Crippen LogP contribution >= 0.6 is 12.2 Å². The predicted octanol–water partition coefficient (Wildman–Crippen LogP) is 2.56. The minimum atomic E-state index is 0.432. The van der Waals surface area contributed by atoms with Crippen molar-refractivity contribution in [3.63, 3.8) is 0 Å². The van der Waals surface area contributed by atoms with E-state index in [0.29, 0.717) is 11.0 Å². The van der Waals surface area contributed by atoms with E-state index in [2.05, 4.69) is 18.9 Å². The van der Waals surface area contributed by atoms with Gasteiger partial charge in [0.2, 0.25) is 0 Å². The lowest BCUT2D eigenvalue weighted by molar-refractivity contribution is 0.223. The molecule has 0 radical (unpaired) electrons. The summed E-state index contributed by atoms with van der Waals surface area (Å²) in [6.07, 6.45) is 2.71. The molecule has 0 aromatic heterocycles. The van der Waals surface area contributed by atoms with Crippen LogP contribution in [0.1, 0.15) is 30.9 Å². The molecular weight excluding hydrogens is 256 g/mol. The molecule has 0 saturated heterocycles. The Kier molecular flexibility index (Phi) is 4.42. The predicted molar refractivity (Wildman–Crippen MR) is 82.5 cm³/mol. The van der Waals surface area contributed by atoms with E-state index in [9.17, 15) is 0 Å². The number of benzene rings is 1. The molecule has 1 aromatic carbocycles. The van der Waals surface area contributed by atoms with Crippen LogP contribution in [0.15, 0.2) is 18.2 Å². The van der Waals surface area contributed by atoms with Gasteiger partial charge in [-0.05, 0) is 50.9 Å². The Bertz CT molecular complexity index is 471. The van der Waals surface area contributed by atoms with Gasteiger partial charge in [-0.25, -0.2) is 0 Å². The molecule has 0 aliphatic heterocycles. The van der Waals surface area contributed by atoms with Gasteiger partial charge in [-0.2, -0.15) is 0 Å². The molecule has 1 aromatic rings. The zero-order valence-electron chi connectivity index (χ0n) is 11.8. The van der Waals surface area contributed by atoms with Crippen molar-refractivity contribution in [2.24, 2.45) is 11.7 Å². The lowest BCUT2D eigenvalue weighted by Crippen LogP contribution is -2.30. The highest BCUT2D eigenvalue weighted by Crippen LogP contribution is 2.35. The second-order valence-corrected chi connectivity index (χ2v) is 5.82. The molecule has 0 amide bonds. The maximum Gasteiger partial charge on any atom is 0.123 e.